The molecule has 4 saturated heterocycles. The molecule has 0 N–H and O–H groups in total. The van der Waals surface area contributed by atoms with Crippen LogP contribution in [0.4, 0.5) is 0 Å². The third kappa shape index (κ3) is 4.14. The van der Waals surface area contributed by atoms with Gasteiger partial charge in [0.2, 0.25) is 5.91 Å². The number of methoxy groups -OCH3 is 1. The van der Waals surface area contributed by atoms with Crippen LogP contribution in [0.3, 0.4) is 0 Å². The highest BCUT2D eigenvalue weighted by molar-refractivity contribution is 5.81. The molecule has 1 aliphatic carbocycles. The van der Waals surface area contributed by atoms with Crippen LogP contribution in [0.2, 0.25) is 0 Å². The minimum Gasteiger partial charge on any atom is -0.497 e. The molecular weight excluding hydrogens is 446 g/mol. The van der Waals surface area contributed by atoms with Crippen molar-refractivity contribution in [2.75, 3.05) is 26.7 Å². The van der Waals surface area contributed by atoms with E-state index < -0.39 is 0 Å². The van der Waals surface area contributed by atoms with Crippen LogP contribution in [0.1, 0.15) is 63.0 Å². The Bertz CT molecular complexity index is 1020. The molecule has 4 bridgehead atoms. The van der Waals surface area contributed by atoms with Crippen molar-refractivity contribution in [3.63, 3.8) is 0 Å². The number of carbonyl (C=O) groups excluding carboxylic acids is 1. The lowest BCUT2D eigenvalue weighted by Gasteiger charge is -2.50. The van der Waals surface area contributed by atoms with E-state index in [1.54, 1.807) is 7.11 Å². The molecule has 1 aromatic rings. The molecule has 6 atom stereocenters. The molecule has 36 heavy (non-hydrogen) atoms. The first-order chi connectivity index (χ1) is 17.7. The van der Waals surface area contributed by atoms with Crippen molar-refractivity contribution in [3.05, 3.63) is 66.3 Å². The van der Waals surface area contributed by atoms with Gasteiger partial charge in [-0.15, -0.1) is 6.58 Å². The van der Waals surface area contributed by atoms with Crippen LogP contribution in [0.15, 0.2) is 60.7 Å². The van der Waals surface area contributed by atoms with Crippen LogP contribution in [0.25, 0.3) is 0 Å². The second-order valence-electron chi connectivity index (χ2n) is 11.3. The lowest BCUT2D eigenvalue weighted by Crippen LogP contribution is -2.61. The highest BCUT2D eigenvalue weighted by Gasteiger charge is 2.56. The number of hydrogen-bond donors (Lipinski definition) is 0. The highest BCUT2D eigenvalue weighted by Crippen LogP contribution is 2.51. The van der Waals surface area contributed by atoms with E-state index in [9.17, 15) is 4.79 Å². The maximum absolute atomic E-state index is 13.2. The van der Waals surface area contributed by atoms with Gasteiger partial charge in [-0.25, -0.2) is 0 Å². The normalized spacial score (nSPS) is 32.9. The number of likely N-dealkylation sites (tertiary alicyclic amines) is 1. The minimum absolute atomic E-state index is 0.0184. The zero-order valence-electron chi connectivity index (χ0n) is 21.7. The van der Waals surface area contributed by atoms with Crippen molar-refractivity contribution >= 4 is 5.91 Å². The van der Waals surface area contributed by atoms with Gasteiger partial charge in [-0.3, -0.25) is 14.6 Å². The fourth-order valence-corrected chi connectivity index (χ4v) is 7.94. The summed E-state index contributed by atoms with van der Waals surface area (Å²) >= 11 is 0. The Balaban J connectivity index is 1.30. The molecule has 5 heteroatoms. The van der Waals surface area contributed by atoms with E-state index in [0.29, 0.717) is 30.1 Å². The molecule has 0 aromatic heterocycles. The zero-order chi connectivity index (χ0) is 24.6. The molecule has 1 amide bonds. The van der Waals surface area contributed by atoms with Crippen molar-refractivity contribution in [3.8, 4) is 5.75 Å². The Morgan fingerprint density at radius 2 is 1.81 bits per heavy atom. The van der Waals surface area contributed by atoms with E-state index in [-0.39, 0.29) is 12.0 Å². The SMILES string of the molecule is C=CCN1C2CCC1C1CCC2N1C(C1=CCC(C(=O)N2CCCCC2)C=C1)c1cccc(OC)c1. The number of amides is 1. The lowest BCUT2D eigenvalue weighted by molar-refractivity contribution is -0.134. The van der Waals surface area contributed by atoms with Crippen LogP contribution >= 0.6 is 0 Å². The Kier molecular flexibility index (Phi) is 6.78. The summed E-state index contributed by atoms with van der Waals surface area (Å²) in [4.78, 5) is 20.9. The van der Waals surface area contributed by atoms with Crippen molar-refractivity contribution in [1.82, 2.24) is 14.7 Å². The van der Waals surface area contributed by atoms with Crippen molar-refractivity contribution in [2.45, 2.75) is 81.6 Å². The van der Waals surface area contributed by atoms with Gasteiger partial charge >= 0.3 is 0 Å². The quantitative estimate of drug-likeness (QED) is 0.501. The second-order valence-corrected chi connectivity index (χ2v) is 11.3. The summed E-state index contributed by atoms with van der Waals surface area (Å²) in [6.45, 7) is 6.90. The fourth-order valence-electron chi connectivity index (χ4n) is 7.94. The summed E-state index contributed by atoms with van der Waals surface area (Å²) < 4.78 is 5.64. The van der Waals surface area contributed by atoms with Crippen LogP contribution in [0, 0.1) is 5.92 Å². The van der Waals surface area contributed by atoms with Gasteiger partial charge in [0.15, 0.2) is 0 Å². The molecule has 4 heterocycles. The molecule has 0 radical (unpaired) electrons. The lowest BCUT2D eigenvalue weighted by atomic mass is 9.86. The van der Waals surface area contributed by atoms with E-state index in [1.165, 1.54) is 43.2 Å². The fraction of sp³-hybridized carbons (Fsp3) is 0.581. The Labute approximate surface area is 216 Å². The second kappa shape index (κ2) is 10.2. The predicted molar refractivity (Wildman–Crippen MR) is 144 cm³/mol. The number of fused-ring (bicyclic) bond motifs is 6. The highest BCUT2D eigenvalue weighted by atomic mass is 16.5. The van der Waals surface area contributed by atoms with Gasteiger partial charge in [-0.2, -0.15) is 0 Å². The van der Waals surface area contributed by atoms with Gasteiger partial charge in [-0.05, 0) is 74.6 Å². The zero-order valence-corrected chi connectivity index (χ0v) is 21.7. The molecule has 6 rings (SSSR count). The largest absolute Gasteiger partial charge is 0.497 e. The number of hydrogen-bond acceptors (Lipinski definition) is 4. The van der Waals surface area contributed by atoms with Crippen molar-refractivity contribution in [2.24, 2.45) is 5.92 Å². The summed E-state index contributed by atoms with van der Waals surface area (Å²) in [5.74, 6) is 1.21. The first-order valence-corrected chi connectivity index (χ1v) is 14.1. The van der Waals surface area contributed by atoms with Gasteiger partial charge in [0.25, 0.3) is 0 Å². The monoisotopic (exact) mass is 487 g/mol. The van der Waals surface area contributed by atoms with Gasteiger partial charge in [0, 0.05) is 43.8 Å². The smallest absolute Gasteiger partial charge is 0.229 e. The number of piperidine rings is 1. The number of benzene rings is 1. The Morgan fingerprint density at radius 1 is 1.08 bits per heavy atom. The minimum atomic E-state index is -0.0184. The predicted octanol–water partition coefficient (Wildman–Crippen LogP) is 5.12. The van der Waals surface area contributed by atoms with E-state index in [2.05, 4.69) is 63.8 Å². The molecule has 4 fully saturated rings. The molecule has 0 saturated carbocycles. The molecular formula is C31H41N3O2. The van der Waals surface area contributed by atoms with E-state index in [1.807, 2.05) is 6.07 Å². The molecule has 5 aliphatic rings. The topological polar surface area (TPSA) is 36.0 Å². The summed E-state index contributed by atoms with van der Waals surface area (Å²) in [5, 5.41) is 0. The van der Waals surface area contributed by atoms with Gasteiger partial charge in [0.1, 0.15) is 5.75 Å². The van der Waals surface area contributed by atoms with Crippen LogP contribution in [0.5, 0.6) is 5.75 Å². The molecule has 192 valence electrons. The average molecular weight is 488 g/mol. The summed E-state index contributed by atoms with van der Waals surface area (Å²) in [6.07, 6.45) is 18.4. The molecule has 5 nitrogen and oxygen atoms in total. The van der Waals surface area contributed by atoms with E-state index >= 15 is 0 Å². The molecule has 1 aromatic carbocycles. The molecule has 6 unspecified atom stereocenters. The number of carbonyl (C=O) groups is 1. The third-order valence-electron chi connectivity index (χ3n) is 9.50. The Morgan fingerprint density at radius 3 is 2.44 bits per heavy atom. The number of nitrogens with zero attached hydrogens (tertiary/aromatic N) is 3. The molecule has 4 aliphatic heterocycles. The summed E-state index contributed by atoms with van der Waals surface area (Å²) in [5.41, 5.74) is 2.65. The number of rotatable bonds is 7. The van der Waals surface area contributed by atoms with Crippen molar-refractivity contribution in [1.29, 1.82) is 0 Å². The third-order valence-corrected chi connectivity index (χ3v) is 9.50. The maximum atomic E-state index is 13.2. The van der Waals surface area contributed by atoms with Crippen LogP contribution in [-0.2, 0) is 4.79 Å². The molecule has 0 spiro atoms. The number of allylic oxidation sites excluding steroid dienone is 1. The maximum Gasteiger partial charge on any atom is 0.229 e. The summed E-state index contributed by atoms with van der Waals surface area (Å²) in [6, 6.07) is 11.2. The first kappa shape index (κ1) is 24.0. The number of ether oxygens (including phenoxy) is 1. The Hall–Kier alpha value is -2.37. The average Bonchev–Trinajstić information content (AvgIpc) is 3.44. The van der Waals surface area contributed by atoms with Gasteiger partial charge in [0.05, 0.1) is 19.1 Å². The van der Waals surface area contributed by atoms with Gasteiger partial charge < -0.3 is 9.64 Å². The van der Waals surface area contributed by atoms with Gasteiger partial charge in [-0.1, -0.05) is 36.4 Å². The van der Waals surface area contributed by atoms with Crippen molar-refractivity contribution < 1.29 is 9.53 Å². The standard InChI is InChI=1S/C31H41N3O2/c1-3-18-33-26-14-15-27(33)29-17-16-28(26)34(29)30(24-8-7-9-25(21-24)36-2)22-10-12-23(13-11-22)31(35)32-19-5-4-6-20-32/h3,7-12,21,23,26-30H,1,4-6,13-20H2,2H3. The summed E-state index contributed by atoms with van der Waals surface area (Å²) in [7, 11) is 1.75. The van der Waals surface area contributed by atoms with E-state index in [4.69, 9.17) is 4.74 Å². The van der Waals surface area contributed by atoms with Crippen LogP contribution in [-0.4, -0.2) is 71.5 Å². The number of piperazine rings is 1. The van der Waals surface area contributed by atoms with E-state index in [0.717, 1.165) is 44.6 Å². The van der Waals surface area contributed by atoms with Crippen LogP contribution < -0.4 is 4.74 Å². The first-order valence-electron chi connectivity index (χ1n) is 14.1.